The second-order valence-corrected chi connectivity index (χ2v) is 5.42. The number of hydrogen-bond donors (Lipinski definition) is 2. The number of anilines is 1. The maximum atomic E-state index is 11.5. The van der Waals surface area contributed by atoms with E-state index in [-0.39, 0.29) is 6.54 Å². The summed E-state index contributed by atoms with van der Waals surface area (Å²) in [7, 11) is -3.59. The van der Waals surface area contributed by atoms with Crippen molar-refractivity contribution < 1.29 is 8.42 Å². The molecule has 86 valence electrons. The molecule has 0 saturated carbocycles. The highest BCUT2D eigenvalue weighted by atomic mass is 32.2. The molecule has 6 heteroatoms. The molecule has 1 atom stereocenters. The van der Waals surface area contributed by atoms with Crippen LogP contribution in [0.1, 0.15) is 12.5 Å². The van der Waals surface area contributed by atoms with Gasteiger partial charge < -0.3 is 5.73 Å². The van der Waals surface area contributed by atoms with Crippen LogP contribution in [0.2, 0.25) is 0 Å². The molecular formula is C10H13N3O2S. The predicted molar refractivity (Wildman–Crippen MR) is 61.7 cm³/mol. The Bertz CT molecular complexity index is 505. The minimum atomic E-state index is -3.59. The third kappa shape index (κ3) is 2.95. The molecule has 0 aliphatic rings. The minimum Gasteiger partial charge on any atom is -0.398 e. The van der Waals surface area contributed by atoms with E-state index in [1.54, 1.807) is 30.3 Å². The Balaban J connectivity index is 2.74. The fourth-order valence-corrected chi connectivity index (χ4v) is 1.81. The van der Waals surface area contributed by atoms with E-state index in [4.69, 9.17) is 11.0 Å². The van der Waals surface area contributed by atoms with Crippen LogP contribution in [0.25, 0.3) is 0 Å². The van der Waals surface area contributed by atoms with Crippen molar-refractivity contribution in [2.45, 2.75) is 18.7 Å². The van der Waals surface area contributed by atoms with Gasteiger partial charge in [-0.2, -0.15) is 5.26 Å². The van der Waals surface area contributed by atoms with Crippen molar-refractivity contribution in [2.75, 3.05) is 5.73 Å². The number of nitrogens with one attached hydrogen (secondary N) is 1. The maximum Gasteiger partial charge on any atom is 0.227 e. The van der Waals surface area contributed by atoms with Gasteiger partial charge in [0.25, 0.3) is 0 Å². The molecule has 1 unspecified atom stereocenters. The topological polar surface area (TPSA) is 96.0 Å². The van der Waals surface area contributed by atoms with Crippen LogP contribution in [0.3, 0.4) is 0 Å². The Morgan fingerprint density at radius 1 is 1.50 bits per heavy atom. The SMILES string of the molecule is CC(C#N)S(=O)(=O)NCc1ccccc1N. The van der Waals surface area contributed by atoms with E-state index >= 15 is 0 Å². The second kappa shape index (κ2) is 4.96. The molecule has 0 aromatic heterocycles. The lowest BCUT2D eigenvalue weighted by Gasteiger charge is -2.09. The lowest BCUT2D eigenvalue weighted by atomic mass is 10.2. The van der Waals surface area contributed by atoms with Crippen LogP contribution in [0, 0.1) is 11.3 Å². The zero-order valence-corrected chi connectivity index (χ0v) is 9.66. The summed E-state index contributed by atoms with van der Waals surface area (Å²) in [6.45, 7) is 1.43. The number of rotatable bonds is 4. The van der Waals surface area contributed by atoms with Gasteiger partial charge in [-0.15, -0.1) is 0 Å². The summed E-state index contributed by atoms with van der Waals surface area (Å²) in [6.07, 6.45) is 0. The first-order valence-electron chi connectivity index (χ1n) is 4.69. The molecule has 0 bridgehead atoms. The highest BCUT2D eigenvalue weighted by molar-refractivity contribution is 7.90. The van der Waals surface area contributed by atoms with E-state index in [1.165, 1.54) is 6.92 Å². The normalized spacial score (nSPS) is 13.0. The van der Waals surface area contributed by atoms with Gasteiger partial charge in [0.1, 0.15) is 0 Å². The van der Waals surface area contributed by atoms with E-state index in [9.17, 15) is 8.42 Å². The molecule has 0 saturated heterocycles. The third-order valence-electron chi connectivity index (χ3n) is 2.17. The number of hydrogen-bond acceptors (Lipinski definition) is 4. The van der Waals surface area contributed by atoms with Crippen molar-refractivity contribution in [1.82, 2.24) is 4.72 Å². The van der Waals surface area contributed by atoms with Gasteiger partial charge in [0, 0.05) is 12.2 Å². The molecule has 0 aliphatic carbocycles. The molecule has 0 fully saturated rings. The van der Waals surface area contributed by atoms with Crippen LogP contribution in [0.4, 0.5) is 5.69 Å². The van der Waals surface area contributed by atoms with E-state index in [0.717, 1.165) is 0 Å². The fourth-order valence-electron chi connectivity index (χ4n) is 1.07. The molecule has 0 heterocycles. The molecule has 1 aromatic rings. The van der Waals surface area contributed by atoms with Crippen LogP contribution in [-0.2, 0) is 16.6 Å². The first-order chi connectivity index (χ1) is 7.47. The average Bonchev–Trinajstić information content (AvgIpc) is 2.27. The average molecular weight is 239 g/mol. The third-order valence-corrected chi connectivity index (χ3v) is 3.75. The van der Waals surface area contributed by atoms with E-state index < -0.39 is 15.3 Å². The van der Waals surface area contributed by atoms with Gasteiger partial charge >= 0.3 is 0 Å². The molecule has 1 aromatic carbocycles. The summed E-state index contributed by atoms with van der Waals surface area (Å²) < 4.78 is 25.3. The molecule has 0 radical (unpaired) electrons. The summed E-state index contributed by atoms with van der Waals surface area (Å²) in [5.74, 6) is 0. The summed E-state index contributed by atoms with van der Waals surface area (Å²) in [5, 5.41) is 7.46. The second-order valence-electron chi connectivity index (χ2n) is 3.34. The number of benzene rings is 1. The Morgan fingerprint density at radius 2 is 2.12 bits per heavy atom. The van der Waals surface area contributed by atoms with Gasteiger partial charge in [0.2, 0.25) is 10.0 Å². The molecule has 0 amide bonds. The Kier molecular flexibility index (Phi) is 3.88. The number of nitrogens with zero attached hydrogens (tertiary/aromatic N) is 1. The smallest absolute Gasteiger partial charge is 0.227 e. The fraction of sp³-hybridized carbons (Fsp3) is 0.300. The van der Waals surface area contributed by atoms with Gasteiger partial charge in [0.05, 0.1) is 6.07 Å². The highest BCUT2D eigenvalue weighted by Gasteiger charge is 2.19. The van der Waals surface area contributed by atoms with E-state index in [1.807, 2.05) is 0 Å². The van der Waals surface area contributed by atoms with Crippen LogP contribution in [-0.4, -0.2) is 13.7 Å². The molecule has 0 spiro atoms. The summed E-state index contributed by atoms with van der Waals surface area (Å²) in [6, 6.07) is 8.64. The van der Waals surface area contributed by atoms with E-state index in [2.05, 4.69) is 4.72 Å². The van der Waals surface area contributed by atoms with Crippen LogP contribution in [0.5, 0.6) is 0 Å². The van der Waals surface area contributed by atoms with Crippen molar-refractivity contribution in [3.8, 4) is 6.07 Å². The Morgan fingerprint density at radius 3 is 2.69 bits per heavy atom. The van der Waals surface area contributed by atoms with Gasteiger partial charge in [-0.1, -0.05) is 18.2 Å². The van der Waals surface area contributed by atoms with Gasteiger partial charge in [-0.05, 0) is 18.6 Å². The lowest BCUT2D eigenvalue weighted by molar-refractivity contribution is 0.577. The monoisotopic (exact) mass is 239 g/mol. The number of sulfonamides is 1. The van der Waals surface area contributed by atoms with Crippen molar-refractivity contribution in [1.29, 1.82) is 5.26 Å². The predicted octanol–water partition coefficient (Wildman–Crippen LogP) is 0.600. The number of para-hydroxylation sites is 1. The number of nitrogen functional groups attached to an aromatic ring is 1. The first kappa shape index (κ1) is 12.5. The minimum absolute atomic E-state index is 0.0982. The summed E-state index contributed by atoms with van der Waals surface area (Å²) in [4.78, 5) is 0. The molecule has 1 rings (SSSR count). The number of nitriles is 1. The van der Waals surface area contributed by atoms with Gasteiger partial charge in [-0.3, -0.25) is 0 Å². The van der Waals surface area contributed by atoms with Gasteiger partial charge in [0.15, 0.2) is 5.25 Å². The summed E-state index contributed by atoms with van der Waals surface area (Å²) >= 11 is 0. The zero-order chi connectivity index (χ0) is 12.2. The lowest BCUT2D eigenvalue weighted by Crippen LogP contribution is -2.31. The van der Waals surface area contributed by atoms with Crippen LogP contribution < -0.4 is 10.5 Å². The van der Waals surface area contributed by atoms with Crippen molar-refractivity contribution in [3.63, 3.8) is 0 Å². The molecule has 5 nitrogen and oxygen atoms in total. The maximum absolute atomic E-state index is 11.5. The Hall–Kier alpha value is -1.58. The molecule has 3 N–H and O–H groups in total. The molecular weight excluding hydrogens is 226 g/mol. The Labute approximate surface area is 94.9 Å². The largest absolute Gasteiger partial charge is 0.398 e. The molecule has 16 heavy (non-hydrogen) atoms. The quantitative estimate of drug-likeness (QED) is 0.752. The van der Waals surface area contributed by atoms with Gasteiger partial charge in [-0.25, -0.2) is 13.1 Å². The van der Waals surface area contributed by atoms with Crippen molar-refractivity contribution >= 4 is 15.7 Å². The molecule has 0 aliphatic heterocycles. The first-order valence-corrected chi connectivity index (χ1v) is 6.23. The van der Waals surface area contributed by atoms with Crippen LogP contribution >= 0.6 is 0 Å². The van der Waals surface area contributed by atoms with E-state index in [0.29, 0.717) is 11.3 Å². The van der Waals surface area contributed by atoms with Crippen LogP contribution in [0.15, 0.2) is 24.3 Å². The van der Waals surface area contributed by atoms with Crippen molar-refractivity contribution in [3.05, 3.63) is 29.8 Å². The summed E-state index contributed by atoms with van der Waals surface area (Å²) in [5.41, 5.74) is 6.87. The van der Waals surface area contributed by atoms with Crippen molar-refractivity contribution in [2.24, 2.45) is 0 Å². The number of nitrogens with two attached hydrogens (primary N) is 1. The highest BCUT2D eigenvalue weighted by Crippen LogP contribution is 2.10. The standard InChI is InChI=1S/C10H13N3O2S/c1-8(6-11)16(14,15)13-7-9-4-2-3-5-10(9)12/h2-5,8,13H,7,12H2,1H3. The zero-order valence-electron chi connectivity index (χ0n) is 8.84.